The molecule has 106 valence electrons. The van der Waals surface area contributed by atoms with Gasteiger partial charge in [0, 0.05) is 24.8 Å². The normalized spacial score (nSPS) is 20.7. The van der Waals surface area contributed by atoms with Crippen LogP contribution in [0.4, 0.5) is 0 Å². The first kappa shape index (κ1) is 14.4. The minimum Gasteiger partial charge on any atom is -0.491 e. The molecule has 1 aromatic rings. The molecule has 0 spiro atoms. The van der Waals surface area contributed by atoms with E-state index in [2.05, 4.69) is 38.2 Å². The lowest BCUT2D eigenvalue weighted by Crippen LogP contribution is -2.36. The average Bonchev–Trinajstić information content (AvgIpc) is 2.90. The second-order valence-electron chi connectivity index (χ2n) is 5.50. The molecular weight excluding hydrogens is 238 g/mol. The van der Waals surface area contributed by atoms with Crippen molar-refractivity contribution in [1.82, 2.24) is 5.32 Å². The Morgan fingerprint density at radius 2 is 2.11 bits per heavy atom. The Hall–Kier alpha value is -1.06. The van der Waals surface area contributed by atoms with Crippen molar-refractivity contribution in [2.45, 2.75) is 58.4 Å². The Bertz CT molecular complexity index is 386. The fraction of sp³-hybridized carbons (Fsp3) is 0.625. The van der Waals surface area contributed by atoms with E-state index in [4.69, 9.17) is 9.47 Å². The van der Waals surface area contributed by atoms with Gasteiger partial charge in [-0.15, -0.1) is 0 Å². The lowest BCUT2D eigenvalue weighted by Gasteiger charge is -2.21. The van der Waals surface area contributed by atoms with Crippen molar-refractivity contribution in [2.24, 2.45) is 0 Å². The van der Waals surface area contributed by atoms with Crippen molar-refractivity contribution < 1.29 is 9.47 Å². The van der Waals surface area contributed by atoms with Crippen LogP contribution >= 0.6 is 0 Å². The van der Waals surface area contributed by atoms with Gasteiger partial charge in [-0.3, -0.25) is 0 Å². The molecule has 1 fully saturated rings. The summed E-state index contributed by atoms with van der Waals surface area (Å²) in [6.07, 6.45) is 2.91. The molecule has 2 unspecified atom stereocenters. The molecule has 0 amide bonds. The second kappa shape index (κ2) is 6.92. The zero-order valence-electron chi connectivity index (χ0n) is 12.2. The highest BCUT2D eigenvalue weighted by Crippen LogP contribution is 2.20. The van der Waals surface area contributed by atoms with E-state index in [0.717, 1.165) is 25.3 Å². The van der Waals surface area contributed by atoms with Crippen LogP contribution in [0.5, 0.6) is 5.75 Å². The van der Waals surface area contributed by atoms with E-state index in [-0.39, 0.29) is 6.10 Å². The minimum atomic E-state index is 0.205. The third-order valence-corrected chi connectivity index (χ3v) is 3.47. The first-order chi connectivity index (χ1) is 9.16. The predicted octanol–water partition coefficient (Wildman–Crippen LogP) is 3.13. The van der Waals surface area contributed by atoms with Crippen LogP contribution < -0.4 is 10.1 Å². The molecule has 1 saturated heterocycles. The molecule has 2 rings (SSSR count). The van der Waals surface area contributed by atoms with Crippen LogP contribution in [0.25, 0.3) is 0 Å². The summed E-state index contributed by atoms with van der Waals surface area (Å²) in [4.78, 5) is 0. The molecule has 3 nitrogen and oxygen atoms in total. The molecule has 1 aromatic carbocycles. The highest BCUT2D eigenvalue weighted by molar-refractivity contribution is 5.33. The molecule has 1 N–H and O–H groups in total. The van der Waals surface area contributed by atoms with Gasteiger partial charge in [-0.1, -0.05) is 18.2 Å². The second-order valence-corrected chi connectivity index (χ2v) is 5.50. The van der Waals surface area contributed by atoms with E-state index < -0.39 is 0 Å². The fourth-order valence-electron chi connectivity index (χ4n) is 2.42. The van der Waals surface area contributed by atoms with Gasteiger partial charge in [0.1, 0.15) is 5.75 Å². The summed E-state index contributed by atoms with van der Waals surface area (Å²) in [6.45, 7) is 8.04. The maximum Gasteiger partial charge on any atom is 0.124 e. The molecule has 1 aliphatic rings. The van der Waals surface area contributed by atoms with E-state index in [1.807, 2.05) is 12.1 Å². The van der Waals surface area contributed by atoms with Crippen LogP contribution in [-0.2, 0) is 11.3 Å². The Balaban J connectivity index is 1.91. The van der Waals surface area contributed by atoms with E-state index in [1.54, 1.807) is 0 Å². The van der Waals surface area contributed by atoms with Gasteiger partial charge < -0.3 is 14.8 Å². The molecule has 0 saturated carbocycles. The summed E-state index contributed by atoms with van der Waals surface area (Å²) in [5.74, 6) is 0.976. The number of nitrogens with one attached hydrogen (secondary N) is 1. The Morgan fingerprint density at radius 1 is 1.32 bits per heavy atom. The standard InChI is InChI=1S/C16H25NO2/c1-12(2)19-16-8-5-4-7-14(16)11-17-13(3)15-9-6-10-18-15/h4-5,7-8,12-13,15,17H,6,9-11H2,1-3H3. The van der Waals surface area contributed by atoms with Crippen LogP contribution in [0.1, 0.15) is 39.2 Å². The highest BCUT2D eigenvalue weighted by atomic mass is 16.5. The van der Waals surface area contributed by atoms with E-state index >= 15 is 0 Å². The van der Waals surface area contributed by atoms with Crippen molar-refractivity contribution in [3.63, 3.8) is 0 Å². The van der Waals surface area contributed by atoms with Crippen molar-refractivity contribution >= 4 is 0 Å². The zero-order valence-corrected chi connectivity index (χ0v) is 12.2. The zero-order chi connectivity index (χ0) is 13.7. The number of hydrogen-bond donors (Lipinski definition) is 1. The number of para-hydroxylation sites is 1. The van der Waals surface area contributed by atoms with Crippen molar-refractivity contribution in [3.8, 4) is 5.75 Å². The molecule has 19 heavy (non-hydrogen) atoms. The number of benzene rings is 1. The van der Waals surface area contributed by atoms with Crippen molar-refractivity contribution in [3.05, 3.63) is 29.8 Å². The summed E-state index contributed by atoms with van der Waals surface area (Å²) in [5, 5.41) is 3.55. The number of rotatable bonds is 6. The third kappa shape index (κ3) is 4.22. The Kier molecular flexibility index (Phi) is 5.23. The molecule has 0 aliphatic carbocycles. The lowest BCUT2D eigenvalue weighted by molar-refractivity contribution is 0.0830. The van der Waals surface area contributed by atoms with Gasteiger partial charge in [-0.25, -0.2) is 0 Å². The summed E-state index contributed by atoms with van der Waals surface area (Å²) in [5.41, 5.74) is 1.21. The van der Waals surface area contributed by atoms with Gasteiger partial charge in [0.2, 0.25) is 0 Å². The van der Waals surface area contributed by atoms with Gasteiger partial charge in [0.25, 0.3) is 0 Å². The summed E-state index contributed by atoms with van der Waals surface area (Å²) in [7, 11) is 0. The van der Waals surface area contributed by atoms with Gasteiger partial charge in [-0.05, 0) is 39.7 Å². The first-order valence-corrected chi connectivity index (χ1v) is 7.26. The molecule has 0 bridgehead atoms. The van der Waals surface area contributed by atoms with Crippen LogP contribution in [0.2, 0.25) is 0 Å². The molecule has 0 aromatic heterocycles. The Morgan fingerprint density at radius 3 is 2.79 bits per heavy atom. The van der Waals surface area contributed by atoms with Crippen LogP contribution in [0.3, 0.4) is 0 Å². The van der Waals surface area contributed by atoms with Crippen LogP contribution in [0, 0.1) is 0 Å². The van der Waals surface area contributed by atoms with Gasteiger partial charge in [0.15, 0.2) is 0 Å². The van der Waals surface area contributed by atoms with Gasteiger partial charge in [0.05, 0.1) is 12.2 Å². The molecule has 1 aliphatic heterocycles. The molecule has 1 heterocycles. The van der Waals surface area contributed by atoms with Gasteiger partial charge in [-0.2, -0.15) is 0 Å². The number of hydrogen-bond acceptors (Lipinski definition) is 3. The largest absolute Gasteiger partial charge is 0.491 e. The van der Waals surface area contributed by atoms with Gasteiger partial charge >= 0.3 is 0 Å². The van der Waals surface area contributed by atoms with E-state index in [0.29, 0.717) is 12.1 Å². The molecule has 2 atom stereocenters. The Labute approximate surface area is 116 Å². The first-order valence-electron chi connectivity index (χ1n) is 7.26. The molecule has 0 radical (unpaired) electrons. The van der Waals surface area contributed by atoms with Crippen LogP contribution in [-0.4, -0.2) is 24.9 Å². The lowest BCUT2D eigenvalue weighted by atomic mass is 10.1. The summed E-state index contributed by atoms with van der Waals surface area (Å²) >= 11 is 0. The highest BCUT2D eigenvalue weighted by Gasteiger charge is 2.22. The smallest absolute Gasteiger partial charge is 0.124 e. The maximum atomic E-state index is 5.83. The van der Waals surface area contributed by atoms with E-state index in [1.165, 1.54) is 12.0 Å². The molecular formula is C16H25NO2. The van der Waals surface area contributed by atoms with Crippen molar-refractivity contribution in [1.29, 1.82) is 0 Å². The topological polar surface area (TPSA) is 30.5 Å². The quantitative estimate of drug-likeness (QED) is 0.855. The summed E-state index contributed by atoms with van der Waals surface area (Å²) < 4.78 is 11.5. The van der Waals surface area contributed by atoms with Crippen LogP contribution in [0.15, 0.2) is 24.3 Å². The minimum absolute atomic E-state index is 0.205. The monoisotopic (exact) mass is 263 g/mol. The fourth-order valence-corrected chi connectivity index (χ4v) is 2.42. The van der Waals surface area contributed by atoms with Crippen molar-refractivity contribution in [2.75, 3.05) is 6.61 Å². The SMILES string of the molecule is CC(C)Oc1ccccc1CNC(C)C1CCCO1. The van der Waals surface area contributed by atoms with E-state index in [9.17, 15) is 0 Å². The predicted molar refractivity (Wildman–Crippen MR) is 77.5 cm³/mol. The summed E-state index contributed by atoms with van der Waals surface area (Å²) in [6, 6.07) is 8.61. The average molecular weight is 263 g/mol. The maximum absolute atomic E-state index is 5.83. The third-order valence-electron chi connectivity index (χ3n) is 3.47. The number of ether oxygens (including phenoxy) is 2. The molecule has 3 heteroatoms.